The van der Waals surface area contributed by atoms with Gasteiger partial charge in [-0.1, -0.05) is 19.0 Å². The first-order chi connectivity index (χ1) is 13.5. The Bertz CT molecular complexity index is 973. The summed E-state index contributed by atoms with van der Waals surface area (Å²) >= 11 is 1.88. The van der Waals surface area contributed by atoms with Gasteiger partial charge in [0.05, 0.1) is 23.0 Å². The van der Waals surface area contributed by atoms with Gasteiger partial charge in [-0.2, -0.15) is 21.8 Å². The third kappa shape index (κ3) is 3.54. The number of carbonyl (C=O) groups excluding carboxylic acids is 1. The van der Waals surface area contributed by atoms with E-state index in [0.29, 0.717) is 23.1 Å². The van der Waals surface area contributed by atoms with E-state index in [1.807, 2.05) is 49.6 Å². The first-order valence-corrected chi connectivity index (χ1v) is 10.4. The van der Waals surface area contributed by atoms with Gasteiger partial charge < -0.3 is 9.42 Å². The lowest BCUT2D eigenvalue weighted by atomic mass is 10.2. The molecule has 0 radical (unpaired) electrons. The quantitative estimate of drug-likeness (QED) is 0.667. The van der Waals surface area contributed by atoms with Crippen LogP contribution in [0.3, 0.4) is 0 Å². The average molecular weight is 398 g/mol. The fourth-order valence-corrected chi connectivity index (χ4v) is 3.91. The predicted octanol–water partition coefficient (Wildman–Crippen LogP) is 2.94. The molecule has 28 heavy (non-hydrogen) atoms. The van der Waals surface area contributed by atoms with Crippen molar-refractivity contribution in [3.63, 3.8) is 0 Å². The molecular weight excluding hydrogens is 376 g/mol. The van der Waals surface area contributed by atoms with Crippen molar-refractivity contribution in [2.75, 3.05) is 24.6 Å². The topological polar surface area (TPSA) is 89.9 Å². The summed E-state index contributed by atoms with van der Waals surface area (Å²) in [5.74, 6) is 3.95. The van der Waals surface area contributed by atoms with E-state index in [1.54, 1.807) is 17.1 Å². The summed E-state index contributed by atoms with van der Waals surface area (Å²) < 4.78 is 6.99. The van der Waals surface area contributed by atoms with Crippen molar-refractivity contribution in [1.82, 2.24) is 29.8 Å². The molecule has 0 saturated carbocycles. The van der Waals surface area contributed by atoms with Crippen molar-refractivity contribution in [2.45, 2.75) is 26.7 Å². The summed E-state index contributed by atoms with van der Waals surface area (Å²) in [4.78, 5) is 23.5. The van der Waals surface area contributed by atoms with E-state index in [2.05, 4.69) is 20.2 Å². The summed E-state index contributed by atoms with van der Waals surface area (Å²) in [6.07, 6.45) is 3.30. The van der Waals surface area contributed by atoms with Gasteiger partial charge in [0.2, 0.25) is 0 Å². The van der Waals surface area contributed by atoms with Gasteiger partial charge in [-0.15, -0.1) is 0 Å². The van der Waals surface area contributed by atoms with E-state index in [0.717, 1.165) is 35.9 Å². The first-order valence-electron chi connectivity index (χ1n) is 9.26. The minimum absolute atomic E-state index is 0.0349. The molecule has 0 bridgehead atoms. The second-order valence-corrected chi connectivity index (χ2v) is 8.20. The smallest absolute Gasteiger partial charge is 0.259 e. The number of carbonyl (C=O) groups is 1. The van der Waals surface area contributed by atoms with Crippen molar-refractivity contribution in [3.8, 4) is 17.3 Å². The van der Waals surface area contributed by atoms with Gasteiger partial charge in [0.1, 0.15) is 0 Å². The Morgan fingerprint density at radius 2 is 2.00 bits per heavy atom. The van der Waals surface area contributed by atoms with E-state index in [4.69, 9.17) is 4.52 Å². The summed E-state index contributed by atoms with van der Waals surface area (Å²) in [6, 6.07) is 3.70. The molecule has 1 saturated heterocycles. The van der Waals surface area contributed by atoms with Crippen LogP contribution in [0.25, 0.3) is 17.3 Å². The number of rotatable bonds is 4. The van der Waals surface area contributed by atoms with Gasteiger partial charge in [0.25, 0.3) is 11.8 Å². The Hall–Kier alpha value is -2.68. The number of hydrogen-bond acceptors (Lipinski definition) is 7. The predicted molar refractivity (Wildman–Crippen MR) is 107 cm³/mol. The van der Waals surface area contributed by atoms with Crippen LogP contribution in [-0.4, -0.2) is 60.3 Å². The molecule has 1 aliphatic rings. The number of thioether (sulfide) groups is 1. The Labute approximate surface area is 167 Å². The Morgan fingerprint density at radius 3 is 2.64 bits per heavy atom. The second kappa shape index (κ2) is 7.75. The standard InChI is InChI=1S/C19H22N6O2S/c1-12(2)17-22-18(27-23-17)14-4-5-16(20-10-14)25-13(3)15(11-21-25)19(26)24-6-8-28-9-7-24/h4-5,10-12H,6-9H2,1-3H3. The molecular formula is C19H22N6O2S. The Morgan fingerprint density at radius 1 is 1.21 bits per heavy atom. The molecule has 1 amide bonds. The molecule has 4 heterocycles. The number of hydrogen-bond donors (Lipinski definition) is 0. The molecule has 4 rings (SSSR count). The molecule has 3 aromatic rings. The van der Waals surface area contributed by atoms with Crippen LogP contribution in [0.2, 0.25) is 0 Å². The number of pyridine rings is 1. The molecule has 0 aliphatic carbocycles. The minimum atomic E-state index is 0.0349. The lowest BCUT2D eigenvalue weighted by molar-refractivity contribution is 0.0771. The van der Waals surface area contributed by atoms with Gasteiger partial charge in [0.15, 0.2) is 11.6 Å². The normalized spacial score (nSPS) is 14.6. The van der Waals surface area contributed by atoms with Crippen molar-refractivity contribution >= 4 is 17.7 Å². The van der Waals surface area contributed by atoms with Crippen LogP contribution in [0, 0.1) is 6.92 Å². The van der Waals surface area contributed by atoms with Gasteiger partial charge in [0, 0.05) is 36.7 Å². The van der Waals surface area contributed by atoms with Crippen molar-refractivity contribution < 1.29 is 9.32 Å². The van der Waals surface area contributed by atoms with Gasteiger partial charge in [-0.05, 0) is 19.1 Å². The molecule has 0 spiro atoms. The number of aromatic nitrogens is 5. The molecule has 0 N–H and O–H groups in total. The van der Waals surface area contributed by atoms with Crippen LogP contribution in [0.4, 0.5) is 0 Å². The largest absolute Gasteiger partial charge is 0.337 e. The highest BCUT2D eigenvalue weighted by atomic mass is 32.2. The van der Waals surface area contributed by atoms with Crippen molar-refractivity contribution in [1.29, 1.82) is 0 Å². The molecule has 0 atom stereocenters. The van der Waals surface area contributed by atoms with Gasteiger partial charge in [-0.25, -0.2) is 9.67 Å². The van der Waals surface area contributed by atoms with E-state index in [9.17, 15) is 4.79 Å². The summed E-state index contributed by atoms with van der Waals surface area (Å²) in [5.41, 5.74) is 2.15. The lowest BCUT2D eigenvalue weighted by Gasteiger charge is -2.26. The molecule has 8 nitrogen and oxygen atoms in total. The highest BCUT2D eigenvalue weighted by Gasteiger charge is 2.23. The minimum Gasteiger partial charge on any atom is -0.337 e. The third-order valence-electron chi connectivity index (χ3n) is 4.71. The second-order valence-electron chi connectivity index (χ2n) is 6.98. The molecule has 1 fully saturated rings. The van der Waals surface area contributed by atoms with E-state index >= 15 is 0 Å². The molecule has 1 aliphatic heterocycles. The summed E-state index contributed by atoms with van der Waals surface area (Å²) in [6.45, 7) is 7.48. The Balaban J connectivity index is 1.56. The first kappa shape index (κ1) is 18.7. The Kier molecular flexibility index (Phi) is 5.17. The molecule has 3 aromatic heterocycles. The van der Waals surface area contributed by atoms with Gasteiger partial charge in [-0.3, -0.25) is 4.79 Å². The average Bonchev–Trinajstić information content (AvgIpc) is 3.36. The highest BCUT2D eigenvalue weighted by Crippen LogP contribution is 2.21. The zero-order valence-corrected chi connectivity index (χ0v) is 16.9. The summed E-state index contributed by atoms with van der Waals surface area (Å²) in [5, 5.41) is 8.36. The summed E-state index contributed by atoms with van der Waals surface area (Å²) in [7, 11) is 0. The molecule has 0 aromatic carbocycles. The van der Waals surface area contributed by atoms with Crippen LogP contribution in [0.5, 0.6) is 0 Å². The van der Waals surface area contributed by atoms with Gasteiger partial charge >= 0.3 is 0 Å². The van der Waals surface area contributed by atoms with E-state index in [1.165, 1.54) is 0 Å². The molecule has 146 valence electrons. The van der Waals surface area contributed by atoms with Crippen LogP contribution < -0.4 is 0 Å². The van der Waals surface area contributed by atoms with Crippen molar-refractivity contribution in [3.05, 3.63) is 41.6 Å². The zero-order chi connectivity index (χ0) is 19.7. The molecule has 9 heteroatoms. The zero-order valence-electron chi connectivity index (χ0n) is 16.1. The fourth-order valence-electron chi connectivity index (χ4n) is 3.01. The van der Waals surface area contributed by atoms with E-state index in [-0.39, 0.29) is 11.8 Å². The maximum Gasteiger partial charge on any atom is 0.259 e. The fraction of sp³-hybridized carbons (Fsp3) is 0.421. The van der Waals surface area contributed by atoms with Crippen LogP contribution >= 0.6 is 11.8 Å². The number of nitrogens with zero attached hydrogens (tertiary/aromatic N) is 6. The SMILES string of the molecule is Cc1c(C(=O)N2CCSCC2)cnn1-c1ccc(-c2nc(C(C)C)no2)cn1. The maximum absolute atomic E-state index is 12.8. The number of amides is 1. The molecule has 0 unspecified atom stereocenters. The third-order valence-corrected chi connectivity index (χ3v) is 5.65. The van der Waals surface area contributed by atoms with Crippen LogP contribution in [0.1, 0.15) is 41.6 Å². The van der Waals surface area contributed by atoms with Crippen LogP contribution in [-0.2, 0) is 0 Å². The lowest BCUT2D eigenvalue weighted by Crippen LogP contribution is -2.38. The van der Waals surface area contributed by atoms with Crippen molar-refractivity contribution in [2.24, 2.45) is 0 Å². The van der Waals surface area contributed by atoms with Crippen LogP contribution in [0.15, 0.2) is 29.0 Å². The highest BCUT2D eigenvalue weighted by molar-refractivity contribution is 7.99. The maximum atomic E-state index is 12.8. The monoisotopic (exact) mass is 398 g/mol. The van der Waals surface area contributed by atoms with E-state index < -0.39 is 0 Å².